The van der Waals surface area contributed by atoms with Gasteiger partial charge in [-0.15, -0.1) is 0 Å². The summed E-state index contributed by atoms with van der Waals surface area (Å²) in [4.78, 5) is 0. The molecule has 1 heterocycles. The van der Waals surface area contributed by atoms with Gasteiger partial charge in [0, 0.05) is 11.6 Å². The van der Waals surface area contributed by atoms with E-state index in [1.54, 1.807) is 0 Å². The maximum atomic E-state index is 9.81. The molecule has 1 aromatic carbocycles. The molecule has 0 unspecified atom stereocenters. The zero-order chi connectivity index (χ0) is 12.6. The van der Waals surface area contributed by atoms with Crippen molar-refractivity contribution in [2.75, 3.05) is 6.61 Å². The summed E-state index contributed by atoms with van der Waals surface area (Å²) in [6.07, 6.45) is -2.22. The van der Waals surface area contributed by atoms with E-state index in [-0.39, 0.29) is 18.1 Å². The van der Waals surface area contributed by atoms with Crippen molar-refractivity contribution in [1.29, 1.82) is 0 Å². The molecule has 2 rings (SSSR count). The van der Waals surface area contributed by atoms with E-state index in [2.05, 4.69) is 5.32 Å². The first-order valence-corrected chi connectivity index (χ1v) is 5.29. The minimum absolute atomic E-state index is 0.0852. The van der Waals surface area contributed by atoms with Gasteiger partial charge in [0.05, 0.1) is 24.8 Å². The topological polar surface area (TPSA) is 113 Å². The van der Waals surface area contributed by atoms with Crippen LogP contribution in [0.4, 0.5) is 0 Å². The Bertz CT molecular complexity index is 411. The van der Waals surface area contributed by atoms with E-state index in [0.717, 1.165) is 6.07 Å². The minimum atomic E-state index is -1.12. The van der Waals surface area contributed by atoms with Gasteiger partial charge in [-0.3, -0.25) is 0 Å². The van der Waals surface area contributed by atoms with Gasteiger partial charge in [0.25, 0.3) is 0 Å². The van der Waals surface area contributed by atoms with Crippen molar-refractivity contribution in [2.24, 2.45) is 0 Å². The molecule has 4 atom stereocenters. The summed E-state index contributed by atoms with van der Waals surface area (Å²) >= 11 is 0. The Hall–Kier alpha value is -1.34. The summed E-state index contributed by atoms with van der Waals surface area (Å²) in [5, 5.41) is 50.1. The van der Waals surface area contributed by atoms with E-state index in [1.807, 2.05) is 0 Å². The van der Waals surface area contributed by atoms with Crippen molar-refractivity contribution in [3.05, 3.63) is 23.8 Å². The number of phenols is 2. The van der Waals surface area contributed by atoms with Crippen LogP contribution in [0.5, 0.6) is 11.5 Å². The summed E-state index contributed by atoms with van der Waals surface area (Å²) < 4.78 is 0. The van der Waals surface area contributed by atoms with Gasteiger partial charge < -0.3 is 30.8 Å². The highest BCUT2D eigenvalue weighted by atomic mass is 16.3. The Balaban J connectivity index is 2.29. The van der Waals surface area contributed by atoms with Crippen LogP contribution in [0.1, 0.15) is 11.6 Å². The average Bonchev–Trinajstić information content (AvgIpc) is 2.57. The van der Waals surface area contributed by atoms with E-state index in [1.165, 1.54) is 12.1 Å². The molecular weight excluding hydrogens is 226 g/mol. The second kappa shape index (κ2) is 4.50. The van der Waals surface area contributed by atoms with E-state index < -0.39 is 24.3 Å². The summed E-state index contributed by atoms with van der Waals surface area (Å²) in [6, 6.07) is 2.67. The third kappa shape index (κ3) is 2.07. The number of benzene rings is 1. The number of hydrogen-bond donors (Lipinski definition) is 6. The van der Waals surface area contributed by atoms with Crippen LogP contribution in [0.25, 0.3) is 0 Å². The number of aliphatic hydroxyl groups excluding tert-OH is 3. The fraction of sp³-hybridized carbons (Fsp3) is 0.455. The fourth-order valence-corrected chi connectivity index (χ4v) is 2.09. The molecule has 1 aromatic rings. The predicted octanol–water partition coefficient (Wildman–Crippen LogP) is -1.18. The van der Waals surface area contributed by atoms with Crippen LogP contribution in [0.2, 0.25) is 0 Å². The van der Waals surface area contributed by atoms with Gasteiger partial charge in [0.1, 0.15) is 17.6 Å². The lowest BCUT2D eigenvalue weighted by Crippen LogP contribution is -2.35. The molecule has 1 fully saturated rings. The van der Waals surface area contributed by atoms with Crippen LogP contribution in [0, 0.1) is 0 Å². The molecule has 1 aliphatic rings. The molecule has 1 saturated heterocycles. The average molecular weight is 241 g/mol. The SMILES string of the molecule is OC[C@@H]1N[C@@H](c2ccc(O)cc2O)[C@H](O)[C@H]1O. The number of phenolic OH excluding ortho intramolecular Hbond substituents is 2. The second-order valence-corrected chi connectivity index (χ2v) is 4.16. The molecule has 17 heavy (non-hydrogen) atoms. The van der Waals surface area contributed by atoms with Crippen LogP contribution in [-0.2, 0) is 0 Å². The van der Waals surface area contributed by atoms with Crippen molar-refractivity contribution >= 4 is 0 Å². The lowest BCUT2D eigenvalue weighted by molar-refractivity contribution is 0.0192. The van der Waals surface area contributed by atoms with Gasteiger partial charge in [-0.05, 0) is 12.1 Å². The number of rotatable bonds is 2. The molecule has 0 saturated carbocycles. The molecule has 0 aromatic heterocycles. The molecule has 6 N–H and O–H groups in total. The molecule has 0 radical (unpaired) electrons. The van der Waals surface area contributed by atoms with Gasteiger partial charge in [-0.2, -0.15) is 0 Å². The third-order valence-electron chi connectivity index (χ3n) is 3.04. The Morgan fingerprint density at radius 1 is 1.12 bits per heavy atom. The fourth-order valence-electron chi connectivity index (χ4n) is 2.09. The smallest absolute Gasteiger partial charge is 0.124 e. The molecular formula is C11H15NO5. The van der Waals surface area contributed by atoms with Crippen molar-refractivity contribution < 1.29 is 25.5 Å². The Labute approximate surface area is 97.8 Å². The normalized spacial score (nSPS) is 32.9. The zero-order valence-electron chi connectivity index (χ0n) is 8.98. The van der Waals surface area contributed by atoms with Gasteiger partial charge in [0.15, 0.2) is 0 Å². The first-order valence-electron chi connectivity index (χ1n) is 5.29. The van der Waals surface area contributed by atoms with Gasteiger partial charge in [-0.25, -0.2) is 0 Å². The molecule has 0 bridgehead atoms. The molecule has 0 spiro atoms. The van der Waals surface area contributed by atoms with E-state index >= 15 is 0 Å². The van der Waals surface area contributed by atoms with Crippen LogP contribution >= 0.6 is 0 Å². The van der Waals surface area contributed by atoms with Crippen LogP contribution < -0.4 is 5.32 Å². The summed E-state index contributed by atoms with van der Waals surface area (Å²) in [5.74, 6) is -0.259. The van der Waals surface area contributed by atoms with Crippen molar-refractivity contribution in [3.8, 4) is 11.5 Å². The maximum absolute atomic E-state index is 9.81. The molecule has 1 aliphatic heterocycles. The van der Waals surface area contributed by atoms with Crippen molar-refractivity contribution in [1.82, 2.24) is 5.32 Å². The molecule has 0 aliphatic carbocycles. The zero-order valence-corrected chi connectivity index (χ0v) is 8.98. The highest BCUT2D eigenvalue weighted by molar-refractivity contribution is 5.42. The molecule has 94 valence electrons. The summed E-state index contributed by atoms with van der Waals surface area (Å²) in [6.45, 7) is -0.312. The number of hydrogen-bond acceptors (Lipinski definition) is 6. The standard InChI is InChI=1S/C11H15NO5/c13-4-7-10(16)11(17)9(12-7)6-2-1-5(14)3-8(6)15/h1-3,7,9-17H,4H2/t7-,9-,10-,11-/m0/s1. The molecule has 6 heteroatoms. The van der Waals surface area contributed by atoms with Crippen molar-refractivity contribution in [3.63, 3.8) is 0 Å². The quantitative estimate of drug-likeness (QED) is 0.389. The van der Waals surface area contributed by atoms with Crippen LogP contribution in [-0.4, -0.2) is 50.4 Å². The minimum Gasteiger partial charge on any atom is -0.508 e. The molecule has 6 nitrogen and oxygen atoms in total. The highest BCUT2D eigenvalue weighted by Gasteiger charge is 2.42. The van der Waals surface area contributed by atoms with Crippen LogP contribution in [0.15, 0.2) is 18.2 Å². The van der Waals surface area contributed by atoms with Crippen LogP contribution in [0.3, 0.4) is 0 Å². The maximum Gasteiger partial charge on any atom is 0.124 e. The number of aromatic hydroxyl groups is 2. The largest absolute Gasteiger partial charge is 0.508 e. The van der Waals surface area contributed by atoms with Gasteiger partial charge in [-0.1, -0.05) is 0 Å². The molecule has 0 amide bonds. The highest BCUT2D eigenvalue weighted by Crippen LogP contribution is 2.34. The number of aliphatic hydroxyl groups is 3. The first-order chi connectivity index (χ1) is 8.04. The van der Waals surface area contributed by atoms with E-state index in [9.17, 15) is 15.3 Å². The summed E-state index contributed by atoms with van der Waals surface area (Å²) in [7, 11) is 0. The monoisotopic (exact) mass is 241 g/mol. The van der Waals surface area contributed by atoms with Crippen molar-refractivity contribution in [2.45, 2.75) is 24.3 Å². The Morgan fingerprint density at radius 3 is 2.35 bits per heavy atom. The van der Waals surface area contributed by atoms with E-state index in [0.29, 0.717) is 5.56 Å². The third-order valence-corrected chi connectivity index (χ3v) is 3.04. The van der Waals surface area contributed by atoms with Gasteiger partial charge in [0.2, 0.25) is 0 Å². The first kappa shape index (κ1) is 12.1. The predicted molar refractivity (Wildman–Crippen MR) is 58.5 cm³/mol. The van der Waals surface area contributed by atoms with Gasteiger partial charge >= 0.3 is 0 Å². The lowest BCUT2D eigenvalue weighted by Gasteiger charge is -2.17. The Kier molecular flexibility index (Phi) is 3.21. The summed E-state index contributed by atoms with van der Waals surface area (Å²) in [5.41, 5.74) is 0.366. The number of nitrogens with one attached hydrogen (secondary N) is 1. The second-order valence-electron chi connectivity index (χ2n) is 4.16. The lowest BCUT2D eigenvalue weighted by atomic mass is 10.00. The Morgan fingerprint density at radius 2 is 1.82 bits per heavy atom. The van der Waals surface area contributed by atoms with E-state index in [4.69, 9.17) is 10.2 Å².